The number of para-hydroxylation sites is 2. The van der Waals surface area contributed by atoms with Crippen molar-refractivity contribution in [2.45, 2.75) is 17.9 Å². The Morgan fingerprint density at radius 2 is 1.85 bits per heavy atom. The molecule has 1 N–H and O–H groups in total. The van der Waals surface area contributed by atoms with E-state index in [1.54, 1.807) is 0 Å². The van der Waals surface area contributed by atoms with Gasteiger partial charge in [-0.15, -0.1) is 0 Å². The molecule has 33 heavy (non-hydrogen) atoms. The number of anilines is 2. The van der Waals surface area contributed by atoms with Gasteiger partial charge in [-0.05, 0) is 47.9 Å². The lowest BCUT2D eigenvalue weighted by molar-refractivity contribution is -0.0258. The van der Waals surface area contributed by atoms with Crippen LogP contribution in [0.4, 0.5) is 11.4 Å². The van der Waals surface area contributed by atoms with Crippen LogP contribution in [0.15, 0.2) is 71.6 Å². The van der Waals surface area contributed by atoms with E-state index in [2.05, 4.69) is 22.3 Å². The third kappa shape index (κ3) is 4.74. The molecule has 0 unspecified atom stereocenters. The maximum absolute atomic E-state index is 13.0. The number of amides is 1. The number of carbonyl (C=O) groups excluding carboxylic acids is 1. The van der Waals surface area contributed by atoms with Crippen LogP contribution in [-0.2, 0) is 27.8 Å². The molecule has 0 radical (unpaired) electrons. The smallest absolute Gasteiger partial charge is 0.266 e. The third-order valence-electron chi connectivity index (χ3n) is 5.68. The van der Waals surface area contributed by atoms with E-state index in [0.29, 0.717) is 16.7 Å². The largest absolute Gasteiger partial charge is 0.367 e. The van der Waals surface area contributed by atoms with Crippen molar-refractivity contribution in [3.8, 4) is 0 Å². The normalized spacial score (nSPS) is 13.3. The van der Waals surface area contributed by atoms with Gasteiger partial charge >= 0.3 is 0 Å². The summed E-state index contributed by atoms with van der Waals surface area (Å²) in [6.45, 7) is 1.55. The van der Waals surface area contributed by atoms with Gasteiger partial charge in [0.2, 0.25) is 0 Å². The number of nitrogens with one attached hydrogen (secondary N) is 1. The van der Waals surface area contributed by atoms with Crippen molar-refractivity contribution in [3.63, 3.8) is 0 Å². The molecule has 4 rings (SSSR count). The molecular formula is C24H24ClN3O4S. The summed E-state index contributed by atoms with van der Waals surface area (Å²) in [5.74, 6) is -0.433. The van der Waals surface area contributed by atoms with Crippen molar-refractivity contribution in [1.82, 2.24) is 4.47 Å². The summed E-state index contributed by atoms with van der Waals surface area (Å²) < 4.78 is 26.0. The Morgan fingerprint density at radius 3 is 2.64 bits per heavy atom. The number of fused-ring (bicyclic) bond motifs is 1. The van der Waals surface area contributed by atoms with Gasteiger partial charge < -0.3 is 10.2 Å². The molecule has 0 saturated carbocycles. The number of hydrogen-bond donors (Lipinski definition) is 1. The van der Waals surface area contributed by atoms with Crippen LogP contribution in [0, 0.1) is 0 Å². The first-order valence-electron chi connectivity index (χ1n) is 10.4. The molecule has 1 aliphatic heterocycles. The van der Waals surface area contributed by atoms with E-state index in [0.717, 1.165) is 18.5 Å². The van der Waals surface area contributed by atoms with Gasteiger partial charge in [-0.2, -0.15) is 0 Å². The number of rotatable bonds is 7. The number of hydroxylamine groups is 1. The predicted molar refractivity (Wildman–Crippen MR) is 129 cm³/mol. The lowest BCUT2D eigenvalue weighted by Gasteiger charge is -2.21. The number of nitrogens with zero attached hydrogens (tertiary/aromatic N) is 2. The van der Waals surface area contributed by atoms with Gasteiger partial charge in [0, 0.05) is 37.1 Å². The van der Waals surface area contributed by atoms with Gasteiger partial charge in [-0.3, -0.25) is 9.63 Å². The monoisotopic (exact) mass is 485 g/mol. The number of hydrogen-bond acceptors (Lipinski definition) is 5. The summed E-state index contributed by atoms with van der Waals surface area (Å²) in [7, 11) is -1.52. The van der Waals surface area contributed by atoms with Gasteiger partial charge in [0.1, 0.15) is 4.90 Å². The Labute approximate surface area is 198 Å². The van der Waals surface area contributed by atoms with E-state index >= 15 is 0 Å². The lowest BCUT2D eigenvalue weighted by atomic mass is 10.1. The molecule has 0 saturated heterocycles. The van der Waals surface area contributed by atoms with Crippen LogP contribution in [0.25, 0.3) is 0 Å². The second kappa shape index (κ2) is 9.52. The summed E-state index contributed by atoms with van der Waals surface area (Å²) in [6, 6.07) is 20.0. The highest BCUT2D eigenvalue weighted by Crippen LogP contribution is 2.31. The van der Waals surface area contributed by atoms with Crippen LogP contribution in [0.3, 0.4) is 0 Å². The topological polar surface area (TPSA) is 78.9 Å². The van der Waals surface area contributed by atoms with Gasteiger partial charge in [0.05, 0.1) is 12.1 Å². The minimum absolute atomic E-state index is 0.00329. The molecule has 0 fully saturated rings. The van der Waals surface area contributed by atoms with Crippen LogP contribution in [0.1, 0.15) is 21.5 Å². The first-order chi connectivity index (χ1) is 15.8. The standard InChI is InChI=1S/C24H24ClN3O4S/c1-27(32-2)33(30,31)23-15-18(11-12-20(23)25)24(29)26-21-9-5-3-8-19(21)16-28-14-13-17-7-4-6-10-22(17)28/h3-12,15H,13-14,16H2,1-2H3,(H,26,29). The number of halogens is 1. The van der Waals surface area contributed by atoms with Crippen LogP contribution < -0.4 is 10.2 Å². The average Bonchev–Trinajstić information content (AvgIpc) is 3.22. The van der Waals surface area contributed by atoms with E-state index in [-0.39, 0.29) is 15.5 Å². The van der Waals surface area contributed by atoms with Crippen LogP contribution in [0.2, 0.25) is 5.02 Å². The number of sulfonamides is 1. The SMILES string of the molecule is CON(C)S(=O)(=O)c1cc(C(=O)Nc2ccccc2CN2CCc3ccccc32)ccc1Cl. The number of carbonyl (C=O) groups is 1. The van der Waals surface area contributed by atoms with Crippen molar-refractivity contribution >= 4 is 38.9 Å². The summed E-state index contributed by atoms with van der Waals surface area (Å²) in [5, 5.41) is 2.92. The molecule has 9 heteroatoms. The Kier molecular flexibility index (Phi) is 6.71. The lowest BCUT2D eigenvalue weighted by Crippen LogP contribution is -2.26. The van der Waals surface area contributed by atoms with Crippen LogP contribution >= 0.6 is 11.6 Å². The maximum Gasteiger partial charge on any atom is 0.266 e. The van der Waals surface area contributed by atoms with E-state index in [4.69, 9.17) is 16.4 Å². The Morgan fingerprint density at radius 1 is 1.12 bits per heavy atom. The predicted octanol–water partition coefficient (Wildman–Crippen LogP) is 4.34. The Bertz CT molecular complexity index is 1300. The molecular weight excluding hydrogens is 462 g/mol. The van der Waals surface area contributed by atoms with E-state index < -0.39 is 15.9 Å². The Hall–Kier alpha value is -2.91. The minimum atomic E-state index is -4.01. The third-order valence-corrected chi connectivity index (χ3v) is 7.84. The zero-order valence-electron chi connectivity index (χ0n) is 18.3. The second-order valence-corrected chi connectivity index (χ2v) is 9.97. The van der Waals surface area contributed by atoms with Gasteiger partial charge in [0.15, 0.2) is 0 Å². The molecule has 0 spiro atoms. The molecule has 0 aromatic heterocycles. The molecule has 1 aliphatic rings. The highest BCUT2D eigenvalue weighted by Gasteiger charge is 2.25. The quantitative estimate of drug-likeness (QED) is 0.504. The molecule has 1 heterocycles. The van der Waals surface area contributed by atoms with Crippen LogP contribution in [0.5, 0.6) is 0 Å². The summed E-state index contributed by atoms with van der Waals surface area (Å²) in [6.07, 6.45) is 0.989. The Balaban J connectivity index is 1.58. The first-order valence-corrected chi connectivity index (χ1v) is 12.2. The molecule has 7 nitrogen and oxygen atoms in total. The van der Waals surface area contributed by atoms with Crippen molar-refractivity contribution in [2.75, 3.05) is 30.9 Å². The van der Waals surface area contributed by atoms with Crippen LogP contribution in [-0.4, -0.2) is 39.5 Å². The molecule has 0 aliphatic carbocycles. The van der Waals surface area contributed by atoms with E-state index in [1.807, 2.05) is 36.4 Å². The van der Waals surface area contributed by atoms with Crippen molar-refractivity contribution in [1.29, 1.82) is 0 Å². The highest BCUT2D eigenvalue weighted by atomic mass is 35.5. The molecule has 3 aromatic rings. The summed E-state index contributed by atoms with van der Waals surface area (Å²) in [4.78, 5) is 19.9. The molecule has 3 aromatic carbocycles. The van der Waals surface area contributed by atoms with Gasteiger partial charge in [-0.25, -0.2) is 8.42 Å². The average molecular weight is 486 g/mol. The highest BCUT2D eigenvalue weighted by molar-refractivity contribution is 7.89. The van der Waals surface area contributed by atoms with Gasteiger partial charge in [-0.1, -0.05) is 52.5 Å². The van der Waals surface area contributed by atoms with E-state index in [1.165, 1.54) is 43.6 Å². The first kappa shape index (κ1) is 23.3. The summed E-state index contributed by atoms with van der Waals surface area (Å²) in [5.41, 5.74) is 4.32. The van der Waals surface area contributed by atoms with Crippen molar-refractivity contribution in [3.05, 3.63) is 88.4 Å². The fourth-order valence-electron chi connectivity index (χ4n) is 3.83. The molecule has 1 amide bonds. The maximum atomic E-state index is 13.0. The van der Waals surface area contributed by atoms with Crippen molar-refractivity contribution in [2.24, 2.45) is 0 Å². The zero-order valence-corrected chi connectivity index (χ0v) is 19.9. The van der Waals surface area contributed by atoms with Gasteiger partial charge in [0.25, 0.3) is 15.9 Å². The zero-order chi connectivity index (χ0) is 23.6. The fraction of sp³-hybridized carbons (Fsp3) is 0.208. The molecule has 172 valence electrons. The molecule has 0 atom stereocenters. The number of benzene rings is 3. The van der Waals surface area contributed by atoms with E-state index in [9.17, 15) is 13.2 Å². The minimum Gasteiger partial charge on any atom is -0.367 e. The summed E-state index contributed by atoms with van der Waals surface area (Å²) >= 11 is 6.11. The fourth-order valence-corrected chi connectivity index (χ4v) is 5.30. The molecule has 0 bridgehead atoms. The van der Waals surface area contributed by atoms with Crippen molar-refractivity contribution < 1.29 is 18.0 Å². The second-order valence-electron chi connectivity index (χ2n) is 7.65.